The lowest BCUT2D eigenvalue weighted by molar-refractivity contribution is -0.128. The van der Waals surface area contributed by atoms with Gasteiger partial charge >= 0.3 is 0 Å². The van der Waals surface area contributed by atoms with Crippen molar-refractivity contribution in [3.63, 3.8) is 0 Å². The molecule has 1 saturated heterocycles. The fraction of sp³-hybridized carbons (Fsp3) is 0.318. The summed E-state index contributed by atoms with van der Waals surface area (Å²) in [6.07, 6.45) is 4.34. The molecule has 0 aliphatic carbocycles. The summed E-state index contributed by atoms with van der Waals surface area (Å²) in [6.45, 7) is 0.929. The predicted molar refractivity (Wildman–Crippen MR) is 110 cm³/mol. The van der Waals surface area contributed by atoms with Gasteiger partial charge in [0, 0.05) is 32.1 Å². The molecule has 8 nitrogen and oxygen atoms in total. The van der Waals surface area contributed by atoms with Crippen molar-refractivity contribution in [1.82, 2.24) is 14.9 Å². The quantitative estimate of drug-likeness (QED) is 0.497. The smallest absolute Gasteiger partial charge is 0.295 e. The summed E-state index contributed by atoms with van der Waals surface area (Å²) in [5, 5.41) is 0.491. The fourth-order valence-corrected chi connectivity index (χ4v) is 3.71. The van der Waals surface area contributed by atoms with E-state index in [0.29, 0.717) is 48.5 Å². The zero-order valence-electron chi connectivity index (χ0n) is 16.9. The highest BCUT2D eigenvalue weighted by atomic mass is 16.5. The van der Waals surface area contributed by atoms with Crippen LogP contribution in [0.1, 0.15) is 23.2 Å². The molecule has 1 aliphatic heterocycles. The van der Waals surface area contributed by atoms with E-state index in [9.17, 15) is 9.59 Å². The maximum Gasteiger partial charge on any atom is 0.295 e. The maximum atomic E-state index is 13.0. The molecule has 0 spiro atoms. The van der Waals surface area contributed by atoms with Gasteiger partial charge in [0.25, 0.3) is 11.7 Å². The molecule has 30 heavy (non-hydrogen) atoms. The number of methoxy groups -OCH3 is 2. The molecule has 0 unspecified atom stereocenters. The van der Waals surface area contributed by atoms with Gasteiger partial charge in [0.05, 0.1) is 31.4 Å². The van der Waals surface area contributed by atoms with Gasteiger partial charge in [-0.15, -0.1) is 0 Å². The van der Waals surface area contributed by atoms with Gasteiger partial charge in [-0.2, -0.15) is 0 Å². The van der Waals surface area contributed by atoms with Crippen molar-refractivity contribution < 1.29 is 23.8 Å². The van der Waals surface area contributed by atoms with Crippen molar-refractivity contribution in [2.45, 2.75) is 18.9 Å². The number of carbonyl (C=O) groups excluding carboxylic acids is 2. The van der Waals surface area contributed by atoms with Crippen LogP contribution >= 0.6 is 0 Å². The highest BCUT2D eigenvalue weighted by Crippen LogP contribution is 2.33. The molecule has 0 radical (unpaired) electrons. The molecule has 3 heterocycles. The van der Waals surface area contributed by atoms with Crippen LogP contribution in [-0.2, 0) is 4.79 Å². The normalized spacial score (nSPS) is 14.5. The Kier molecular flexibility index (Phi) is 5.56. The van der Waals surface area contributed by atoms with E-state index in [0.717, 1.165) is 5.75 Å². The van der Waals surface area contributed by atoms with Crippen LogP contribution in [0.2, 0.25) is 0 Å². The minimum absolute atomic E-state index is 0.0232. The number of ether oxygens (including phenoxy) is 3. The number of likely N-dealkylation sites (tertiary alicyclic amines) is 1. The van der Waals surface area contributed by atoms with Gasteiger partial charge in [-0.05, 0) is 12.1 Å². The number of amides is 1. The molecule has 1 N–H and O–H groups in total. The van der Waals surface area contributed by atoms with E-state index in [1.54, 1.807) is 4.90 Å². The molecule has 1 amide bonds. The number of rotatable bonds is 6. The molecule has 156 valence electrons. The van der Waals surface area contributed by atoms with Crippen molar-refractivity contribution in [2.75, 3.05) is 27.3 Å². The molecular formula is C22H23N3O5. The van der Waals surface area contributed by atoms with Crippen molar-refractivity contribution in [1.29, 1.82) is 0 Å². The maximum absolute atomic E-state index is 13.0. The van der Waals surface area contributed by atoms with Crippen molar-refractivity contribution >= 4 is 22.6 Å². The molecule has 8 heteroatoms. The van der Waals surface area contributed by atoms with Crippen LogP contribution in [0.5, 0.6) is 17.4 Å². The molecule has 4 rings (SSSR count). The highest BCUT2D eigenvalue weighted by Gasteiger charge is 2.31. The average molecular weight is 409 g/mol. The molecule has 0 atom stereocenters. The number of benzene rings is 1. The first-order valence-electron chi connectivity index (χ1n) is 9.75. The number of aromatic amines is 1. The number of nitrogens with zero attached hydrogens (tertiary/aromatic N) is 2. The Labute approximate surface area is 173 Å². The molecule has 1 aliphatic rings. The Morgan fingerprint density at radius 3 is 2.50 bits per heavy atom. The number of pyridine rings is 1. The first kappa shape index (κ1) is 19.8. The lowest BCUT2D eigenvalue weighted by atomic mass is 10.0. The predicted octanol–water partition coefficient (Wildman–Crippen LogP) is 2.83. The molecule has 1 fully saturated rings. The number of carbonyl (C=O) groups is 2. The summed E-state index contributed by atoms with van der Waals surface area (Å²) in [7, 11) is 2.98. The first-order chi connectivity index (χ1) is 14.6. The third kappa shape index (κ3) is 3.68. The Hall–Kier alpha value is -3.55. The Bertz CT molecular complexity index is 1060. The highest BCUT2D eigenvalue weighted by molar-refractivity contribution is 6.45. The van der Waals surface area contributed by atoms with Gasteiger partial charge in [-0.3, -0.25) is 9.59 Å². The molecule has 0 bridgehead atoms. The van der Waals surface area contributed by atoms with Crippen LogP contribution in [0.15, 0.2) is 42.7 Å². The Morgan fingerprint density at radius 1 is 1.10 bits per heavy atom. The van der Waals surface area contributed by atoms with Gasteiger partial charge < -0.3 is 24.1 Å². The van der Waals surface area contributed by atoms with E-state index in [1.807, 2.05) is 30.3 Å². The SMILES string of the molecule is COc1ncc(OC)c2c(C(=O)C(=O)N3CCC(Oc4ccccc4)CC3)c[nH]c12. The van der Waals surface area contributed by atoms with Crippen molar-refractivity contribution in [2.24, 2.45) is 0 Å². The molecule has 3 aromatic rings. The Morgan fingerprint density at radius 2 is 1.83 bits per heavy atom. The second kappa shape index (κ2) is 8.44. The monoisotopic (exact) mass is 409 g/mol. The Balaban J connectivity index is 1.48. The summed E-state index contributed by atoms with van der Waals surface area (Å²) in [5.41, 5.74) is 0.762. The van der Waals surface area contributed by atoms with Crippen LogP contribution in [0.3, 0.4) is 0 Å². The zero-order valence-corrected chi connectivity index (χ0v) is 16.9. The summed E-state index contributed by atoms with van der Waals surface area (Å²) < 4.78 is 16.5. The van der Waals surface area contributed by atoms with Gasteiger partial charge in [0.2, 0.25) is 5.88 Å². The number of piperidine rings is 1. The summed E-state index contributed by atoms with van der Waals surface area (Å²) >= 11 is 0. The van der Waals surface area contributed by atoms with Crippen molar-refractivity contribution in [3.05, 3.63) is 48.3 Å². The van der Waals surface area contributed by atoms with E-state index in [-0.39, 0.29) is 11.7 Å². The summed E-state index contributed by atoms with van der Waals surface area (Å²) in [4.78, 5) is 34.6. The first-order valence-corrected chi connectivity index (χ1v) is 9.75. The minimum atomic E-state index is -0.588. The standard InChI is InChI=1S/C22H23N3O5/c1-28-17-13-24-21(29-2)19-18(17)16(12-23-19)20(26)22(27)25-10-8-15(9-11-25)30-14-6-4-3-5-7-14/h3-7,12-13,15,23H,8-11H2,1-2H3. The molecule has 0 saturated carbocycles. The summed E-state index contributed by atoms with van der Waals surface area (Å²) in [6, 6.07) is 9.60. The zero-order chi connectivity index (χ0) is 21.1. The lowest BCUT2D eigenvalue weighted by Gasteiger charge is -2.31. The van der Waals surface area contributed by atoms with Crippen LogP contribution in [-0.4, -0.2) is 60.0 Å². The lowest BCUT2D eigenvalue weighted by Crippen LogP contribution is -2.44. The van der Waals surface area contributed by atoms with Gasteiger partial charge in [0.1, 0.15) is 23.1 Å². The number of fused-ring (bicyclic) bond motifs is 1. The number of Topliss-reactive ketones (excluding diaryl/α,β-unsaturated/α-hetero) is 1. The number of nitrogens with one attached hydrogen (secondary N) is 1. The topological polar surface area (TPSA) is 93.8 Å². The number of aromatic nitrogens is 2. The summed E-state index contributed by atoms with van der Waals surface area (Å²) in [5.74, 6) is 0.420. The molecular weight excluding hydrogens is 386 g/mol. The number of para-hydroxylation sites is 1. The van der Waals surface area contributed by atoms with E-state index in [4.69, 9.17) is 14.2 Å². The molecule has 1 aromatic carbocycles. The van der Waals surface area contributed by atoms with E-state index < -0.39 is 11.7 Å². The van der Waals surface area contributed by atoms with Crippen LogP contribution in [0, 0.1) is 0 Å². The number of hydrogen-bond acceptors (Lipinski definition) is 6. The van der Waals surface area contributed by atoms with Gasteiger partial charge in [-0.25, -0.2) is 4.98 Å². The van der Waals surface area contributed by atoms with Gasteiger partial charge in [0.15, 0.2) is 0 Å². The number of hydrogen-bond donors (Lipinski definition) is 1. The van der Waals surface area contributed by atoms with Crippen LogP contribution in [0.25, 0.3) is 10.9 Å². The third-order valence-electron chi connectivity index (χ3n) is 5.27. The second-order valence-corrected chi connectivity index (χ2v) is 7.04. The van der Waals surface area contributed by atoms with Crippen LogP contribution in [0.4, 0.5) is 0 Å². The van der Waals surface area contributed by atoms with E-state index in [2.05, 4.69) is 9.97 Å². The third-order valence-corrected chi connectivity index (χ3v) is 5.27. The average Bonchev–Trinajstić information content (AvgIpc) is 3.24. The largest absolute Gasteiger partial charge is 0.494 e. The second-order valence-electron chi connectivity index (χ2n) is 7.04. The van der Waals surface area contributed by atoms with E-state index in [1.165, 1.54) is 26.6 Å². The number of ketones is 1. The number of H-pyrrole nitrogens is 1. The molecule has 2 aromatic heterocycles. The van der Waals surface area contributed by atoms with E-state index >= 15 is 0 Å². The minimum Gasteiger partial charge on any atom is -0.494 e. The fourth-order valence-electron chi connectivity index (χ4n) is 3.71. The van der Waals surface area contributed by atoms with Crippen LogP contribution < -0.4 is 14.2 Å². The van der Waals surface area contributed by atoms with Gasteiger partial charge in [-0.1, -0.05) is 18.2 Å². The van der Waals surface area contributed by atoms with Crippen molar-refractivity contribution in [3.8, 4) is 17.4 Å².